The zero-order valence-corrected chi connectivity index (χ0v) is 11.4. The molecule has 2 aromatic rings. The maximum absolute atomic E-state index is 11.0. The molecule has 2 heterocycles. The smallest absolute Gasteiger partial charge is 0.305 e. The molecule has 0 atom stereocenters. The van der Waals surface area contributed by atoms with Crippen LogP contribution in [-0.2, 0) is 22.5 Å². The first kappa shape index (κ1) is 13.5. The molecule has 2 rings (SSSR count). The summed E-state index contributed by atoms with van der Waals surface area (Å²) in [5.74, 6) is -0.212. The summed E-state index contributed by atoms with van der Waals surface area (Å²) in [6.07, 6.45) is 2.73. The van der Waals surface area contributed by atoms with E-state index in [1.807, 2.05) is 23.6 Å². The third kappa shape index (κ3) is 4.33. The van der Waals surface area contributed by atoms with Crippen LogP contribution in [0.3, 0.4) is 0 Å². The fourth-order valence-electron chi connectivity index (χ4n) is 1.50. The van der Waals surface area contributed by atoms with Crippen LogP contribution in [0.1, 0.15) is 17.8 Å². The number of nitrogens with one attached hydrogen (secondary N) is 1. The number of pyridine rings is 1. The molecule has 0 unspecified atom stereocenters. The van der Waals surface area contributed by atoms with E-state index in [4.69, 9.17) is 0 Å². The van der Waals surface area contributed by atoms with Gasteiger partial charge in [0.1, 0.15) is 0 Å². The first-order valence-corrected chi connectivity index (χ1v) is 6.81. The van der Waals surface area contributed by atoms with Crippen molar-refractivity contribution in [1.29, 1.82) is 0 Å². The number of esters is 1. The Morgan fingerprint density at radius 3 is 3.05 bits per heavy atom. The number of carbonyl (C=O) groups excluding carboxylic acids is 1. The van der Waals surface area contributed by atoms with Gasteiger partial charge in [-0.15, -0.1) is 11.3 Å². The SMILES string of the molecule is COC(=O)CCc1csc(NCc2ccccn2)n1. The normalized spacial score (nSPS) is 10.2. The highest BCUT2D eigenvalue weighted by Gasteiger charge is 2.05. The van der Waals surface area contributed by atoms with Crippen molar-refractivity contribution in [3.63, 3.8) is 0 Å². The summed E-state index contributed by atoms with van der Waals surface area (Å²) in [6, 6.07) is 5.80. The van der Waals surface area contributed by atoms with Gasteiger partial charge in [-0.3, -0.25) is 9.78 Å². The lowest BCUT2D eigenvalue weighted by molar-refractivity contribution is -0.140. The fourth-order valence-corrected chi connectivity index (χ4v) is 2.25. The molecule has 0 saturated carbocycles. The van der Waals surface area contributed by atoms with Crippen molar-refractivity contribution in [2.45, 2.75) is 19.4 Å². The van der Waals surface area contributed by atoms with Crippen LogP contribution in [0.25, 0.3) is 0 Å². The second-order valence-corrected chi connectivity index (χ2v) is 4.75. The molecule has 100 valence electrons. The van der Waals surface area contributed by atoms with Crippen molar-refractivity contribution < 1.29 is 9.53 Å². The average Bonchev–Trinajstić information content (AvgIpc) is 2.91. The monoisotopic (exact) mass is 277 g/mol. The van der Waals surface area contributed by atoms with Crippen molar-refractivity contribution in [2.24, 2.45) is 0 Å². The van der Waals surface area contributed by atoms with E-state index in [1.54, 1.807) is 6.20 Å². The zero-order chi connectivity index (χ0) is 13.5. The van der Waals surface area contributed by atoms with Gasteiger partial charge in [0.2, 0.25) is 0 Å². The summed E-state index contributed by atoms with van der Waals surface area (Å²) >= 11 is 1.53. The maximum Gasteiger partial charge on any atom is 0.305 e. The Balaban J connectivity index is 1.82. The lowest BCUT2D eigenvalue weighted by Crippen LogP contribution is -2.03. The summed E-state index contributed by atoms with van der Waals surface area (Å²) in [5.41, 5.74) is 1.87. The second-order valence-electron chi connectivity index (χ2n) is 3.89. The second kappa shape index (κ2) is 6.84. The van der Waals surface area contributed by atoms with E-state index in [0.717, 1.165) is 16.5 Å². The van der Waals surface area contributed by atoms with Crippen LogP contribution in [0.5, 0.6) is 0 Å². The van der Waals surface area contributed by atoms with Crippen LogP contribution >= 0.6 is 11.3 Å². The molecule has 19 heavy (non-hydrogen) atoms. The highest BCUT2D eigenvalue weighted by atomic mass is 32.1. The Morgan fingerprint density at radius 2 is 2.32 bits per heavy atom. The summed E-state index contributed by atoms with van der Waals surface area (Å²) in [5, 5.41) is 6.00. The Labute approximate surface area is 115 Å². The van der Waals surface area contributed by atoms with Crippen LogP contribution in [0.4, 0.5) is 5.13 Å². The number of carbonyl (C=O) groups is 1. The lowest BCUT2D eigenvalue weighted by atomic mass is 10.2. The van der Waals surface area contributed by atoms with Crippen molar-refractivity contribution in [3.8, 4) is 0 Å². The summed E-state index contributed by atoms with van der Waals surface area (Å²) < 4.78 is 4.60. The van der Waals surface area contributed by atoms with E-state index >= 15 is 0 Å². The molecule has 0 aliphatic rings. The molecule has 0 fully saturated rings. The summed E-state index contributed by atoms with van der Waals surface area (Å²) in [4.78, 5) is 19.7. The highest BCUT2D eigenvalue weighted by molar-refractivity contribution is 7.13. The number of thiazole rings is 1. The van der Waals surface area contributed by atoms with Gasteiger partial charge < -0.3 is 10.1 Å². The number of rotatable bonds is 6. The summed E-state index contributed by atoms with van der Waals surface area (Å²) in [6.45, 7) is 0.644. The molecule has 0 aliphatic heterocycles. The Bertz CT molecular complexity index is 528. The van der Waals surface area contributed by atoms with Crippen LogP contribution in [0.2, 0.25) is 0 Å². The third-order valence-corrected chi connectivity index (χ3v) is 3.36. The van der Waals surface area contributed by atoms with Gasteiger partial charge in [-0.1, -0.05) is 6.07 Å². The number of methoxy groups -OCH3 is 1. The van der Waals surface area contributed by atoms with Gasteiger partial charge >= 0.3 is 5.97 Å². The highest BCUT2D eigenvalue weighted by Crippen LogP contribution is 2.17. The number of hydrogen-bond donors (Lipinski definition) is 1. The molecule has 5 nitrogen and oxygen atoms in total. The molecule has 1 N–H and O–H groups in total. The van der Waals surface area contributed by atoms with Gasteiger partial charge in [0.05, 0.1) is 31.5 Å². The molecule has 0 bridgehead atoms. The van der Waals surface area contributed by atoms with Gasteiger partial charge in [0.25, 0.3) is 0 Å². The molecular weight excluding hydrogens is 262 g/mol. The van der Waals surface area contributed by atoms with Gasteiger partial charge in [-0.05, 0) is 12.1 Å². The zero-order valence-electron chi connectivity index (χ0n) is 10.6. The topological polar surface area (TPSA) is 64.1 Å². The molecule has 0 aromatic carbocycles. The van der Waals surface area contributed by atoms with E-state index in [-0.39, 0.29) is 5.97 Å². The number of hydrogen-bond acceptors (Lipinski definition) is 6. The van der Waals surface area contributed by atoms with Gasteiger partial charge in [0.15, 0.2) is 5.13 Å². The maximum atomic E-state index is 11.0. The van der Waals surface area contributed by atoms with E-state index in [9.17, 15) is 4.79 Å². The van der Waals surface area contributed by atoms with Crippen molar-refractivity contribution in [3.05, 3.63) is 41.2 Å². The molecule has 0 aliphatic carbocycles. The number of aromatic nitrogens is 2. The van der Waals surface area contributed by atoms with Crippen LogP contribution in [0, 0.1) is 0 Å². The van der Waals surface area contributed by atoms with Crippen molar-refractivity contribution >= 4 is 22.4 Å². The molecule has 0 spiro atoms. The molecule has 0 radical (unpaired) electrons. The number of nitrogens with zero attached hydrogens (tertiary/aromatic N) is 2. The fraction of sp³-hybridized carbons (Fsp3) is 0.308. The molecule has 0 amide bonds. The predicted octanol–water partition coefficient (Wildman–Crippen LogP) is 2.26. The molecule has 2 aromatic heterocycles. The van der Waals surface area contributed by atoms with E-state index in [0.29, 0.717) is 19.4 Å². The predicted molar refractivity (Wildman–Crippen MR) is 74.0 cm³/mol. The Kier molecular flexibility index (Phi) is 4.85. The standard InChI is InChI=1S/C13H15N3O2S/c1-18-12(17)6-5-11-9-19-13(16-11)15-8-10-4-2-3-7-14-10/h2-4,7,9H,5-6,8H2,1H3,(H,15,16). The Morgan fingerprint density at radius 1 is 1.42 bits per heavy atom. The molecular formula is C13H15N3O2S. The van der Waals surface area contributed by atoms with Crippen molar-refractivity contribution in [1.82, 2.24) is 9.97 Å². The average molecular weight is 277 g/mol. The van der Waals surface area contributed by atoms with E-state index < -0.39 is 0 Å². The van der Waals surface area contributed by atoms with E-state index in [1.165, 1.54) is 18.4 Å². The van der Waals surface area contributed by atoms with Crippen molar-refractivity contribution in [2.75, 3.05) is 12.4 Å². The van der Waals surface area contributed by atoms with Crippen LogP contribution in [0.15, 0.2) is 29.8 Å². The minimum absolute atomic E-state index is 0.212. The lowest BCUT2D eigenvalue weighted by Gasteiger charge is -2.01. The number of anilines is 1. The number of aryl methyl sites for hydroxylation is 1. The first-order chi connectivity index (χ1) is 9.28. The minimum Gasteiger partial charge on any atom is -0.469 e. The minimum atomic E-state index is -0.212. The largest absolute Gasteiger partial charge is 0.469 e. The molecule has 0 saturated heterocycles. The Hall–Kier alpha value is -1.95. The quantitative estimate of drug-likeness (QED) is 0.820. The van der Waals surface area contributed by atoms with Gasteiger partial charge in [-0.25, -0.2) is 4.98 Å². The van der Waals surface area contributed by atoms with E-state index in [2.05, 4.69) is 20.0 Å². The van der Waals surface area contributed by atoms with Crippen LogP contribution < -0.4 is 5.32 Å². The number of ether oxygens (including phenoxy) is 1. The van der Waals surface area contributed by atoms with Gasteiger partial charge in [-0.2, -0.15) is 0 Å². The van der Waals surface area contributed by atoms with Crippen LogP contribution in [-0.4, -0.2) is 23.0 Å². The van der Waals surface area contributed by atoms with Gasteiger partial charge in [0, 0.05) is 18.0 Å². The summed E-state index contributed by atoms with van der Waals surface area (Å²) in [7, 11) is 1.39. The third-order valence-electron chi connectivity index (χ3n) is 2.51. The first-order valence-electron chi connectivity index (χ1n) is 5.93. The molecule has 6 heteroatoms.